The molecule has 0 radical (unpaired) electrons. The van der Waals surface area contributed by atoms with Gasteiger partial charge >= 0.3 is 5.97 Å². The summed E-state index contributed by atoms with van der Waals surface area (Å²) in [6.45, 7) is -0.0159. The van der Waals surface area contributed by atoms with E-state index in [1.807, 2.05) is 6.07 Å². The average Bonchev–Trinajstić information content (AvgIpc) is 3.11. The number of benzene rings is 2. The Morgan fingerprint density at radius 2 is 1.92 bits per heavy atom. The van der Waals surface area contributed by atoms with Crippen molar-refractivity contribution in [2.45, 2.75) is 30.8 Å². The Labute approximate surface area is 156 Å². The Morgan fingerprint density at radius 3 is 2.77 bits per heavy atom. The first-order valence-corrected chi connectivity index (χ1v) is 9.49. The lowest BCUT2D eigenvalue weighted by Gasteiger charge is -2.08. The van der Waals surface area contributed by atoms with Gasteiger partial charge in [0.05, 0.1) is 5.75 Å². The first-order valence-electron chi connectivity index (χ1n) is 8.50. The highest BCUT2D eigenvalue weighted by Crippen LogP contribution is 2.27. The number of nitrogens with two attached hydrogens (primary N) is 1. The zero-order valence-electron chi connectivity index (χ0n) is 14.4. The lowest BCUT2D eigenvalue weighted by atomic mass is 10.1. The lowest BCUT2D eigenvalue weighted by Crippen LogP contribution is -2.20. The zero-order chi connectivity index (χ0) is 18.4. The van der Waals surface area contributed by atoms with E-state index in [0.29, 0.717) is 5.75 Å². The topological polar surface area (TPSA) is 78.6 Å². The minimum atomic E-state index is -0.537. The van der Waals surface area contributed by atoms with Crippen molar-refractivity contribution < 1.29 is 19.1 Å². The van der Waals surface area contributed by atoms with Gasteiger partial charge in [0.1, 0.15) is 12.4 Å². The van der Waals surface area contributed by atoms with Gasteiger partial charge in [-0.1, -0.05) is 18.2 Å². The summed E-state index contributed by atoms with van der Waals surface area (Å²) in [6, 6.07) is 13.5. The molecule has 5 nitrogen and oxygen atoms in total. The maximum Gasteiger partial charge on any atom is 0.316 e. The third-order valence-electron chi connectivity index (χ3n) is 4.11. The van der Waals surface area contributed by atoms with Gasteiger partial charge in [0.15, 0.2) is 6.61 Å². The summed E-state index contributed by atoms with van der Waals surface area (Å²) in [5.74, 6) is -0.00866. The van der Waals surface area contributed by atoms with Crippen LogP contribution in [0.25, 0.3) is 0 Å². The minimum Gasteiger partial charge on any atom is -0.484 e. The van der Waals surface area contributed by atoms with E-state index in [-0.39, 0.29) is 24.9 Å². The van der Waals surface area contributed by atoms with E-state index in [9.17, 15) is 9.59 Å². The van der Waals surface area contributed by atoms with Crippen LogP contribution in [0.4, 0.5) is 0 Å². The first kappa shape index (κ1) is 18.3. The molecule has 0 aromatic heterocycles. The fraction of sp³-hybridized carbons (Fsp3) is 0.300. The van der Waals surface area contributed by atoms with Gasteiger partial charge in [0, 0.05) is 4.90 Å². The Kier molecular flexibility index (Phi) is 6.17. The summed E-state index contributed by atoms with van der Waals surface area (Å²) in [4.78, 5) is 23.8. The first-order chi connectivity index (χ1) is 12.6. The van der Waals surface area contributed by atoms with Crippen molar-refractivity contribution in [3.8, 4) is 5.75 Å². The third-order valence-corrected chi connectivity index (χ3v) is 5.07. The van der Waals surface area contributed by atoms with E-state index >= 15 is 0 Å². The molecule has 1 aliphatic carbocycles. The number of ether oxygens (including phenoxy) is 2. The van der Waals surface area contributed by atoms with Crippen LogP contribution in [0.15, 0.2) is 47.4 Å². The average molecular weight is 371 g/mol. The Morgan fingerprint density at radius 1 is 1.08 bits per heavy atom. The number of hydrogen-bond acceptors (Lipinski definition) is 5. The SMILES string of the molecule is NC(=O)COc1cccc(COC(=O)CSc2ccc3c(c2)CCC3)c1. The van der Waals surface area contributed by atoms with E-state index in [4.69, 9.17) is 15.2 Å². The number of rotatable bonds is 8. The number of hydrogen-bond donors (Lipinski definition) is 1. The van der Waals surface area contributed by atoms with Gasteiger partial charge in [-0.05, 0) is 60.2 Å². The maximum absolute atomic E-state index is 12.0. The van der Waals surface area contributed by atoms with Gasteiger partial charge in [-0.25, -0.2) is 0 Å². The van der Waals surface area contributed by atoms with E-state index in [0.717, 1.165) is 23.3 Å². The van der Waals surface area contributed by atoms with Gasteiger partial charge in [0.25, 0.3) is 5.91 Å². The lowest BCUT2D eigenvalue weighted by molar-refractivity contribution is -0.141. The number of primary amides is 1. The van der Waals surface area contributed by atoms with Crippen LogP contribution in [0.3, 0.4) is 0 Å². The van der Waals surface area contributed by atoms with Gasteiger partial charge in [-0.2, -0.15) is 0 Å². The zero-order valence-corrected chi connectivity index (χ0v) is 15.2. The van der Waals surface area contributed by atoms with Crippen LogP contribution >= 0.6 is 11.8 Å². The van der Waals surface area contributed by atoms with Crippen LogP contribution < -0.4 is 10.5 Å². The molecule has 0 saturated heterocycles. The van der Waals surface area contributed by atoms with Crippen LogP contribution in [0.5, 0.6) is 5.75 Å². The number of carbonyl (C=O) groups is 2. The molecule has 0 atom stereocenters. The van der Waals surface area contributed by atoms with Crippen LogP contribution in [0, 0.1) is 0 Å². The molecule has 1 amide bonds. The van der Waals surface area contributed by atoms with Crippen molar-refractivity contribution in [2.75, 3.05) is 12.4 Å². The number of fused-ring (bicyclic) bond motifs is 1. The fourth-order valence-corrected chi connectivity index (χ4v) is 3.62. The van der Waals surface area contributed by atoms with E-state index in [1.54, 1.807) is 18.2 Å². The highest BCUT2D eigenvalue weighted by Gasteiger charge is 2.12. The quantitative estimate of drug-likeness (QED) is 0.570. The molecule has 6 heteroatoms. The maximum atomic E-state index is 12.0. The Balaban J connectivity index is 1.45. The number of carbonyl (C=O) groups excluding carboxylic acids is 2. The predicted molar refractivity (Wildman–Crippen MR) is 100 cm³/mol. The van der Waals surface area contributed by atoms with Gasteiger partial charge in [-0.15, -0.1) is 11.8 Å². The summed E-state index contributed by atoms with van der Waals surface area (Å²) in [5, 5.41) is 0. The second-order valence-corrected chi connectivity index (χ2v) is 7.18. The number of esters is 1. The monoisotopic (exact) mass is 371 g/mol. The molecule has 0 bridgehead atoms. The molecule has 26 heavy (non-hydrogen) atoms. The standard InChI is InChI=1S/C20H21NO4S/c21-19(22)12-24-17-6-1-3-14(9-17)11-25-20(23)13-26-18-8-7-15-4-2-5-16(15)10-18/h1,3,6-10H,2,4-5,11-13H2,(H2,21,22). The van der Waals surface area contributed by atoms with Gasteiger partial charge < -0.3 is 15.2 Å². The van der Waals surface area contributed by atoms with Crippen LogP contribution in [0.1, 0.15) is 23.1 Å². The van der Waals surface area contributed by atoms with Crippen molar-refractivity contribution in [3.05, 3.63) is 59.2 Å². The molecule has 3 rings (SSSR count). The summed E-state index contributed by atoms with van der Waals surface area (Å²) < 4.78 is 10.6. The second-order valence-electron chi connectivity index (χ2n) is 6.14. The largest absolute Gasteiger partial charge is 0.484 e. The Bertz CT molecular complexity index is 806. The summed E-state index contributed by atoms with van der Waals surface area (Å²) in [6.07, 6.45) is 3.50. The molecule has 2 aromatic carbocycles. The van der Waals surface area contributed by atoms with Crippen LogP contribution in [-0.2, 0) is 33.8 Å². The second kappa shape index (κ2) is 8.76. The fourth-order valence-electron chi connectivity index (χ4n) is 2.87. The summed E-state index contributed by atoms with van der Waals surface area (Å²) in [5.41, 5.74) is 8.67. The van der Waals surface area contributed by atoms with Crippen LogP contribution in [0.2, 0.25) is 0 Å². The molecular formula is C20H21NO4S. The smallest absolute Gasteiger partial charge is 0.316 e. The molecule has 136 valence electrons. The molecule has 0 heterocycles. The molecule has 1 aliphatic rings. The van der Waals surface area contributed by atoms with Crippen LogP contribution in [-0.4, -0.2) is 24.2 Å². The molecule has 2 N–H and O–H groups in total. The molecule has 0 saturated carbocycles. The summed E-state index contributed by atoms with van der Waals surface area (Å²) in [7, 11) is 0. The predicted octanol–water partition coefficient (Wildman–Crippen LogP) is 2.87. The molecule has 0 fully saturated rings. The van der Waals surface area contributed by atoms with Crippen molar-refractivity contribution in [3.63, 3.8) is 0 Å². The molecule has 2 aromatic rings. The molecular weight excluding hydrogens is 350 g/mol. The van der Waals surface area contributed by atoms with E-state index in [2.05, 4.69) is 18.2 Å². The van der Waals surface area contributed by atoms with Crippen molar-refractivity contribution in [1.82, 2.24) is 0 Å². The van der Waals surface area contributed by atoms with Crippen molar-refractivity contribution in [2.24, 2.45) is 5.73 Å². The molecule has 0 spiro atoms. The molecule has 0 aliphatic heterocycles. The number of amides is 1. The number of thioether (sulfide) groups is 1. The molecule has 0 unspecified atom stereocenters. The van der Waals surface area contributed by atoms with Crippen molar-refractivity contribution >= 4 is 23.6 Å². The highest BCUT2D eigenvalue weighted by atomic mass is 32.2. The van der Waals surface area contributed by atoms with Gasteiger partial charge in [0.2, 0.25) is 0 Å². The van der Waals surface area contributed by atoms with E-state index < -0.39 is 5.91 Å². The van der Waals surface area contributed by atoms with Gasteiger partial charge in [-0.3, -0.25) is 9.59 Å². The third kappa shape index (κ3) is 5.26. The minimum absolute atomic E-state index is 0.164. The Hall–Kier alpha value is -2.47. The number of aryl methyl sites for hydroxylation is 2. The highest BCUT2D eigenvalue weighted by molar-refractivity contribution is 8.00. The van der Waals surface area contributed by atoms with E-state index in [1.165, 1.54) is 29.3 Å². The normalized spacial score (nSPS) is 12.5. The summed E-state index contributed by atoms with van der Waals surface area (Å²) >= 11 is 1.49. The van der Waals surface area contributed by atoms with Crippen molar-refractivity contribution in [1.29, 1.82) is 0 Å².